The molecule has 1 aliphatic rings. The molecule has 146 valence electrons. The van der Waals surface area contributed by atoms with Crippen LogP contribution in [0.15, 0.2) is 36.7 Å². The van der Waals surface area contributed by atoms with Crippen molar-refractivity contribution in [3.8, 4) is 5.75 Å². The Morgan fingerprint density at radius 1 is 1.39 bits per heavy atom. The Balaban J connectivity index is 1.76. The van der Waals surface area contributed by atoms with Gasteiger partial charge in [0.25, 0.3) is 0 Å². The molecule has 4 rings (SSSR count). The number of anilines is 1. The van der Waals surface area contributed by atoms with Gasteiger partial charge in [-0.3, -0.25) is 0 Å². The summed E-state index contributed by atoms with van der Waals surface area (Å²) in [4.78, 5) is 17.0. The highest BCUT2D eigenvalue weighted by molar-refractivity contribution is 5.92. The maximum atomic E-state index is 14.5. The highest BCUT2D eigenvalue weighted by Gasteiger charge is 2.26. The first-order valence-electron chi connectivity index (χ1n) is 9.30. The summed E-state index contributed by atoms with van der Waals surface area (Å²) in [6.07, 6.45) is 3.91. The molecule has 1 unspecified atom stereocenters. The van der Waals surface area contributed by atoms with Crippen molar-refractivity contribution in [3.05, 3.63) is 59.3 Å². The van der Waals surface area contributed by atoms with E-state index in [0.29, 0.717) is 41.2 Å². The largest absolute Gasteiger partial charge is 0.493 e. The second-order valence-corrected chi connectivity index (χ2v) is 7.20. The van der Waals surface area contributed by atoms with Gasteiger partial charge in [0.1, 0.15) is 11.6 Å². The normalized spacial score (nSPS) is 16.0. The fourth-order valence-corrected chi connectivity index (χ4v) is 3.47. The Hall–Kier alpha value is -3.09. The van der Waals surface area contributed by atoms with E-state index in [1.54, 1.807) is 42.6 Å². The molecule has 2 aromatic heterocycles. The van der Waals surface area contributed by atoms with Gasteiger partial charge in [-0.2, -0.15) is 0 Å². The number of rotatable bonds is 4. The first-order chi connectivity index (χ1) is 13.4. The van der Waals surface area contributed by atoms with Crippen LogP contribution in [0, 0.1) is 12.7 Å². The van der Waals surface area contributed by atoms with Gasteiger partial charge < -0.3 is 19.2 Å². The molecular formula is C21H22FN3O3. The zero-order valence-corrected chi connectivity index (χ0v) is 16.0. The number of nitrogens with zero attached hydrogens (tertiary/aromatic N) is 2. The molecule has 1 aliphatic heterocycles. The molecule has 1 N–H and O–H groups in total. The van der Waals surface area contributed by atoms with E-state index in [1.165, 1.54) is 6.07 Å². The second kappa shape index (κ2) is 7.14. The predicted molar refractivity (Wildman–Crippen MR) is 103 cm³/mol. The molecule has 0 fully saturated rings. The average Bonchev–Trinajstić information content (AvgIpc) is 3.02. The number of hydrogen-bond donors (Lipinski definition) is 1. The van der Waals surface area contributed by atoms with Crippen molar-refractivity contribution in [3.63, 3.8) is 0 Å². The molecule has 0 radical (unpaired) electrons. The van der Waals surface area contributed by atoms with Gasteiger partial charge in [0.2, 0.25) is 0 Å². The number of ether oxygens (including phenoxy) is 2. The van der Waals surface area contributed by atoms with E-state index >= 15 is 0 Å². The minimum atomic E-state index is -0.412. The summed E-state index contributed by atoms with van der Waals surface area (Å²) in [6.45, 7) is 5.97. The molecule has 6 nitrogen and oxygen atoms in total. The van der Waals surface area contributed by atoms with Crippen molar-refractivity contribution in [1.82, 2.24) is 9.38 Å². The molecule has 1 atom stereocenters. The molecule has 7 heteroatoms. The fraction of sp³-hybridized carbons (Fsp3) is 0.333. The van der Waals surface area contributed by atoms with E-state index in [-0.39, 0.29) is 18.0 Å². The fourth-order valence-electron chi connectivity index (χ4n) is 3.47. The molecule has 0 spiro atoms. The van der Waals surface area contributed by atoms with Gasteiger partial charge in [-0.15, -0.1) is 0 Å². The highest BCUT2D eigenvalue weighted by atomic mass is 19.1. The second-order valence-electron chi connectivity index (χ2n) is 7.20. The third kappa shape index (κ3) is 3.40. The molecule has 1 aromatic carbocycles. The standard InChI is InChI=1S/C21H22FN3O3/c1-12(2)28-21(26)14-9-17(20-23-13(3)10-25(20)11-14)24-16-7-8-27-18-6-4-5-15(22)19(16)18/h4-6,9-12,16,24H,7-8H2,1-3H3. The summed E-state index contributed by atoms with van der Waals surface area (Å²) in [5, 5.41) is 3.37. The number of aryl methyl sites for hydroxylation is 1. The van der Waals surface area contributed by atoms with Crippen molar-refractivity contribution in [2.24, 2.45) is 0 Å². The summed E-state index contributed by atoms with van der Waals surface area (Å²) in [6, 6.07) is 6.24. The summed E-state index contributed by atoms with van der Waals surface area (Å²) in [5.74, 6) is -0.194. The Kier molecular flexibility index (Phi) is 4.66. The summed E-state index contributed by atoms with van der Waals surface area (Å²) in [5.41, 5.74) is 3.03. The van der Waals surface area contributed by atoms with Crippen molar-refractivity contribution < 1.29 is 18.7 Å². The minimum absolute atomic E-state index is 0.222. The smallest absolute Gasteiger partial charge is 0.339 e. The molecule has 3 aromatic rings. The Bertz CT molecular complexity index is 1040. The van der Waals surface area contributed by atoms with E-state index in [4.69, 9.17) is 9.47 Å². The lowest BCUT2D eigenvalue weighted by molar-refractivity contribution is 0.0377. The maximum absolute atomic E-state index is 14.5. The van der Waals surface area contributed by atoms with Crippen LogP contribution in [0.5, 0.6) is 5.75 Å². The van der Waals surface area contributed by atoms with Crippen molar-refractivity contribution >= 4 is 17.3 Å². The van der Waals surface area contributed by atoms with E-state index in [2.05, 4.69) is 10.3 Å². The van der Waals surface area contributed by atoms with Gasteiger partial charge in [-0.05, 0) is 39.0 Å². The third-order valence-corrected chi connectivity index (χ3v) is 4.61. The number of hydrogen-bond acceptors (Lipinski definition) is 5. The number of fused-ring (bicyclic) bond motifs is 2. The third-order valence-electron chi connectivity index (χ3n) is 4.61. The first kappa shape index (κ1) is 18.3. The Morgan fingerprint density at radius 3 is 3.00 bits per heavy atom. The lowest BCUT2D eigenvalue weighted by Crippen LogP contribution is -2.22. The van der Waals surface area contributed by atoms with E-state index in [1.807, 2.05) is 13.1 Å². The van der Waals surface area contributed by atoms with Gasteiger partial charge in [0.15, 0.2) is 5.65 Å². The van der Waals surface area contributed by atoms with Crippen LogP contribution in [-0.2, 0) is 4.74 Å². The minimum Gasteiger partial charge on any atom is -0.493 e. The van der Waals surface area contributed by atoms with Crippen molar-refractivity contribution in [2.45, 2.75) is 39.3 Å². The number of pyridine rings is 1. The topological polar surface area (TPSA) is 64.9 Å². The van der Waals surface area contributed by atoms with Crippen molar-refractivity contribution in [2.75, 3.05) is 11.9 Å². The average molecular weight is 383 g/mol. The summed E-state index contributed by atoms with van der Waals surface area (Å²) < 4.78 is 27.2. The zero-order chi connectivity index (χ0) is 19.8. The van der Waals surface area contributed by atoms with Crippen LogP contribution in [0.4, 0.5) is 10.1 Å². The van der Waals surface area contributed by atoms with E-state index < -0.39 is 5.97 Å². The van der Waals surface area contributed by atoms with Gasteiger partial charge in [0, 0.05) is 18.8 Å². The van der Waals surface area contributed by atoms with Crippen LogP contribution in [0.3, 0.4) is 0 Å². The number of imidazole rings is 1. The van der Waals surface area contributed by atoms with Crippen LogP contribution in [0.2, 0.25) is 0 Å². The van der Waals surface area contributed by atoms with Gasteiger partial charge in [-0.25, -0.2) is 14.2 Å². The van der Waals surface area contributed by atoms with Crippen LogP contribution in [0.25, 0.3) is 5.65 Å². The first-order valence-corrected chi connectivity index (χ1v) is 9.30. The van der Waals surface area contributed by atoms with Gasteiger partial charge in [-0.1, -0.05) is 6.07 Å². The Morgan fingerprint density at radius 2 is 2.21 bits per heavy atom. The molecule has 0 saturated carbocycles. The molecule has 3 heterocycles. The number of esters is 1. The number of benzene rings is 1. The lowest BCUT2D eigenvalue weighted by atomic mass is 9.99. The zero-order valence-electron chi connectivity index (χ0n) is 16.0. The quantitative estimate of drug-likeness (QED) is 0.681. The lowest BCUT2D eigenvalue weighted by Gasteiger charge is -2.28. The van der Waals surface area contributed by atoms with Crippen LogP contribution in [0.1, 0.15) is 47.9 Å². The predicted octanol–water partition coefficient (Wildman–Crippen LogP) is 4.28. The number of aromatic nitrogens is 2. The highest BCUT2D eigenvalue weighted by Crippen LogP contribution is 2.37. The van der Waals surface area contributed by atoms with Crippen LogP contribution >= 0.6 is 0 Å². The number of carbonyl (C=O) groups is 1. The van der Waals surface area contributed by atoms with Gasteiger partial charge >= 0.3 is 5.97 Å². The molecule has 0 bridgehead atoms. The molecule has 0 amide bonds. The van der Waals surface area contributed by atoms with E-state index in [0.717, 1.165) is 5.69 Å². The van der Waals surface area contributed by atoms with Crippen LogP contribution < -0.4 is 10.1 Å². The van der Waals surface area contributed by atoms with E-state index in [9.17, 15) is 9.18 Å². The molecule has 0 aliphatic carbocycles. The monoisotopic (exact) mass is 383 g/mol. The van der Waals surface area contributed by atoms with Gasteiger partial charge in [0.05, 0.1) is 41.3 Å². The number of nitrogens with one attached hydrogen (secondary N) is 1. The maximum Gasteiger partial charge on any atom is 0.339 e. The Labute approximate surface area is 162 Å². The SMILES string of the molecule is Cc1cn2cc(C(=O)OC(C)C)cc(NC3CCOc4cccc(F)c43)c2n1. The van der Waals surface area contributed by atoms with Crippen molar-refractivity contribution in [1.29, 1.82) is 0 Å². The molecule has 28 heavy (non-hydrogen) atoms. The molecular weight excluding hydrogens is 361 g/mol. The molecule has 0 saturated heterocycles. The summed E-state index contributed by atoms with van der Waals surface area (Å²) in [7, 11) is 0. The van der Waals surface area contributed by atoms with Crippen LogP contribution in [-0.4, -0.2) is 28.1 Å². The number of halogens is 1. The summed E-state index contributed by atoms with van der Waals surface area (Å²) >= 11 is 0. The number of carbonyl (C=O) groups excluding carboxylic acids is 1.